The average Bonchev–Trinajstić information content (AvgIpc) is 3.21. The third-order valence-corrected chi connectivity index (χ3v) is 6.26. The number of hydrogen-bond donors (Lipinski definition) is 1. The topological polar surface area (TPSA) is 49.4 Å². The van der Waals surface area contributed by atoms with Crippen LogP contribution in [0.3, 0.4) is 0 Å². The molecule has 1 fully saturated rings. The van der Waals surface area contributed by atoms with Crippen LogP contribution in [-0.4, -0.2) is 25.4 Å². The van der Waals surface area contributed by atoms with Crippen molar-refractivity contribution < 1.29 is 9.59 Å². The van der Waals surface area contributed by atoms with Crippen LogP contribution < -0.4 is 10.2 Å². The molecule has 4 nitrogen and oxygen atoms in total. The molecule has 0 aromatic heterocycles. The van der Waals surface area contributed by atoms with E-state index in [1.807, 2.05) is 43.4 Å². The summed E-state index contributed by atoms with van der Waals surface area (Å²) in [5.41, 5.74) is 2.78. The second-order valence-electron chi connectivity index (χ2n) is 7.78. The van der Waals surface area contributed by atoms with Crippen LogP contribution in [0.15, 0.2) is 54.6 Å². The molecule has 2 aromatic rings. The van der Waals surface area contributed by atoms with Gasteiger partial charge in [-0.25, -0.2) is 0 Å². The van der Waals surface area contributed by atoms with E-state index in [-0.39, 0.29) is 17.7 Å². The molecule has 1 heterocycles. The number of benzene rings is 2. The van der Waals surface area contributed by atoms with E-state index in [9.17, 15) is 9.59 Å². The minimum Gasteiger partial charge on any atom is -0.355 e. The molecule has 1 aliphatic heterocycles. The summed E-state index contributed by atoms with van der Waals surface area (Å²) in [5.74, 6) is 0.240. The Bertz CT molecular complexity index is 840. The Morgan fingerprint density at radius 1 is 1.07 bits per heavy atom. The summed E-state index contributed by atoms with van der Waals surface area (Å²) in [4.78, 5) is 27.3. The Morgan fingerprint density at radius 2 is 1.74 bits per heavy atom. The molecule has 1 N–H and O–H groups in total. The van der Waals surface area contributed by atoms with E-state index in [0.29, 0.717) is 13.0 Å². The van der Waals surface area contributed by atoms with Gasteiger partial charge in [0, 0.05) is 31.6 Å². The summed E-state index contributed by atoms with van der Waals surface area (Å²) in [6, 6.07) is 18.1. The Morgan fingerprint density at radius 3 is 2.48 bits per heavy atom. The van der Waals surface area contributed by atoms with Crippen molar-refractivity contribution in [1.29, 1.82) is 0 Å². The molecule has 1 atom stereocenters. The highest BCUT2D eigenvalue weighted by Gasteiger charge is 2.42. The summed E-state index contributed by atoms with van der Waals surface area (Å²) in [7, 11) is 1.82. The molecule has 0 bridgehead atoms. The molecule has 1 aliphatic carbocycles. The first kappa shape index (κ1) is 17.8. The van der Waals surface area contributed by atoms with Crippen molar-refractivity contribution in [3.05, 3.63) is 65.7 Å². The van der Waals surface area contributed by atoms with E-state index < -0.39 is 5.41 Å². The number of rotatable bonds is 4. The van der Waals surface area contributed by atoms with Gasteiger partial charge >= 0.3 is 0 Å². The number of fused-ring (bicyclic) bond motifs is 1. The fraction of sp³-hybridized carbons (Fsp3) is 0.391. The largest absolute Gasteiger partial charge is 0.355 e. The van der Waals surface area contributed by atoms with E-state index in [2.05, 4.69) is 23.5 Å². The third kappa shape index (κ3) is 3.14. The van der Waals surface area contributed by atoms with Crippen molar-refractivity contribution in [3.8, 4) is 0 Å². The van der Waals surface area contributed by atoms with Crippen LogP contribution in [0.25, 0.3) is 0 Å². The quantitative estimate of drug-likeness (QED) is 0.900. The summed E-state index contributed by atoms with van der Waals surface area (Å²) in [5, 5.41) is 3.20. The van der Waals surface area contributed by atoms with Crippen LogP contribution >= 0.6 is 0 Å². The number of carbonyl (C=O) groups is 2. The highest BCUT2D eigenvalue weighted by molar-refractivity contribution is 5.97. The molecule has 4 rings (SSSR count). The molecule has 0 unspecified atom stereocenters. The number of anilines is 1. The van der Waals surface area contributed by atoms with E-state index in [1.165, 1.54) is 0 Å². The lowest BCUT2D eigenvalue weighted by Crippen LogP contribution is -2.45. The van der Waals surface area contributed by atoms with Crippen molar-refractivity contribution in [3.63, 3.8) is 0 Å². The molecule has 27 heavy (non-hydrogen) atoms. The standard InChI is InChI=1S/C23H26N2O2/c1-25-20-12-6-5-11-19(20)17(15-21(25)26)16-24-22(27)23(13-7-8-14-23)18-9-3-2-4-10-18/h2-6,9-12,17H,7-8,13-16H2,1H3,(H,24,27)/t17-/m0/s1. The predicted octanol–water partition coefficient (Wildman–Crippen LogP) is 3.76. The molecule has 1 saturated carbocycles. The van der Waals surface area contributed by atoms with Gasteiger partial charge in [0.15, 0.2) is 0 Å². The van der Waals surface area contributed by atoms with Gasteiger partial charge in [-0.05, 0) is 30.0 Å². The zero-order valence-electron chi connectivity index (χ0n) is 15.8. The molecular formula is C23H26N2O2. The van der Waals surface area contributed by atoms with Gasteiger partial charge in [0.05, 0.1) is 5.41 Å². The van der Waals surface area contributed by atoms with E-state index in [0.717, 1.165) is 42.5 Å². The zero-order chi connectivity index (χ0) is 18.9. The average molecular weight is 362 g/mol. The fourth-order valence-electron chi connectivity index (χ4n) is 4.68. The maximum Gasteiger partial charge on any atom is 0.230 e. The van der Waals surface area contributed by atoms with Crippen molar-refractivity contribution in [2.24, 2.45) is 0 Å². The Labute approximate surface area is 160 Å². The number of hydrogen-bond acceptors (Lipinski definition) is 2. The number of nitrogens with zero attached hydrogens (tertiary/aromatic N) is 1. The number of para-hydroxylation sites is 1. The zero-order valence-corrected chi connectivity index (χ0v) is 15.8. The molecule has 2 amide bonds. The minimum absolute atomic E-state index is 0.0306. The highest BCUT2D eigenvalue weighted by atomic mass is 16.2. The van der Waals surface area contributed by atoms with E-state index in [4.69, 9.17) is 0 Å². The smallest absolute Gasteiger partial charge is 0.230 e. The third-order valence-electron chi connectivity index (χ3n) is 6.26. The maximum atomic E-state index is 13.3. The lowest BCUT2D eigenvalue weighted by Gasteiger charge is -2.33. The number of carbonyl (C=O) groups excluding carboxylic acids is 2. The van der Waals surface area contributed by atoms with Crippen molar-refractivity contribution >= 4 is 17.5 Å². The van der Waals surface area contributed by atoms with Crippen LogP contribution in [-0.2, 0) is 15.0 Å². The Kier molecular flexibility index (Phi) is 4.73. The maximum absolute atomic E-state index is 13.3. The lowest BCUT2D eigenvalue weighted by atomic mass is 9.77. The van der Waals surface area contributed by atoms with Gasteiger partial charge in [-0.2, -0.15) is 0 Å². The molecule has 4 heteroatoms. The Balaban J connectivity index is 1.54. The molecule has 2 aliphatic rings. The van der Waals surface area contributed by atoms with Gasteiger partial charge in [-0.15, -0.1) is 0 Å². The summed E-state index contributed by atoms with van der Waals surface area (Å²) in [6.45, 7) is 0.504. The molecule has 140 valence electrons. The molecule has 0 radical (unpaired) electrons. The fourth-order valence-corrected chi connectivity index (χ4v) is 4.68. The first-order valence-electron chi connectivity index (χ1n) is 9.81. The molecule has 0 saturated heterocycles. The first-order chi connectivity index (χ1) is 13.1. The Hall–Kier alpha value is -2.62. The van der Waals surface area contributed by atoms with Crippen LogP contribution in [0.1, 0.15) is 49.1 Å². The summed E-state index contributed by atoms with van der Waals surface area (Å²) < 4.78 is 0. The van der Waals surface area contributed by atoms with Crippen molar-refractivity contribution in [1.82, 2.24) is 5.32 Å². The molecule has 0 spiro atoms. The van der Waals surface area contributed by atoms with Gasteiger partial charge in [0.1, 0.15) is 0 Å². The van der Waals surface area contributed by atoms with Crippen molar-refractivity contribution in [2.45, 2.75) is 43.4 Å². The summed E-state index contributed by atoms with van der Waals surface area (Å²) in [6.07, 6.45) is 4.39. The predicted molar refractivity (Wildman–Crippen MR) is 107 cm³/mol. The van der Waals surface area contributed by atoms with Gasteiger partial charge in [0.25, 0.3) is 0 Å². The van der Waals surface area contributed by atoms with Crippen LogP contribution in [0.2, 0.25) is 0 Å². The molecule has 2 aromatic carbocycles. The van der Waals surface area contributed by atoms with Crippen molar-refractivity contribution in [2.75, 3.05) is 18.5 Å². The monoisotopic (exact) mass is 362 g/mol. The van der Waals surface area contributed by atoms with Gasteiger partial charge in [0.2, 0.25) is 11.8 Å². The van der Waals surface area contributed by atoms with Gasteiger partial charge in [-0.3, -0.25) is 9.59 Å². The van der Waals surface area contributed by atoms with Crippen LogP contribution in [0.4, 0.5) is 5.69 Å². The minimum atomic E-state index is -0.420. The van der Waals surface area contributed by atoms with Crippen LogP contribution in [0, 0.1) is 0 Å². The second-order valence-corrected chi connectivity index (χ2v) is 7.78. The number of nitrogens with one attached hydrogen (secondary N) is 1. The summed E-state index contributed by atoms with van der Waals surface area (Å²) >= 11 is 0. The highest BCUT2D eigenvalue weighted by Crippen LogP contribution is 2.41. The SMILES string of the molecule is CN1C(=O)C[C@@H](CNC(=O)C2(c3ccccc3)CCCC2)c2ccccc21. The van der Waals surface area contributed by atoms with Gasteiger partial charge < -0.3 is 10.2 Å². The van der Waals surface area contributed by atoms with Gasteiger partial charge in [-0.1, -0.05) is 61.4 Å². The number of amides is 2. The second kappa shape index (κ2) is 7.18. The normalized spacial score (nSPS) is 21.0. The molecular weight excluding hydrogens is 336 g/mol. The lowest BCUT2D eigenvalue weighted by molar-refractivity contribution is -0.127. The van der Waals surface area contributed by atoms with E-state index >= 15 is 0 Å². The van der Waals surface area contributed by atoms with E-state index in [1.54, 1.807) is 4.90 Å². The first-order valence-corrected chi connectivity index (χ1v) is 9.81. The van der Waals surface area contributed by atoms with Crippen LogP contribution in [0.5, 0.6) is 0 Å².